The van der Waals surface area contributed by atoms with E-state index in [-0.39, 0.29) is 11.7 Å². The molecule has 1 spiro atoms. The number of rotatable bonds is 3. The van der Waals surface area contributed by atoms with Crippen LogP contribution in [0.15, 0.2) is 18.2 Å². The van der Waals surface area contributed by atoms with Crippen LogP contribution in [0.1, 0.15) is 32.6 Å². The Balaban J connectivity index is 1.54. The number of urea groups is 1. The SMILES string of the molecule is CC(C(=O)Nc1n[nH]c2cc(F)ccc12)N1C(=O)NC2(CCCC2)C1=O. The summed E-state index contributed by atoms with van der Waals surface area (Å²) in [5.41, 5.74) is -0.421. The summed E-state index contributed by atoms with van der Waals surface area (Å²) in [5.74, 6) is -1.09. The highest BCUT2D eigenvalue weighted by atomic mass is 19.1. The number of imide groups is 1. The van der Waals surface area contributed by atoms with Crippen LogP contribution in [-0.2, 0) is 9.59 Å². The van der Waals surface area contributed by atoms with Crippen LogP contribution in [-0.4, -0.2) is 44.5 Å². The van der Waals surface area contributed by atoms with Crippen molar-refractivity contribution in [3.63, 3.8) is 0 Å². The zero-order valence-electron chi connectivity index (χ0n) is 14.1. The number of amides is 4. The molecule has 1 aromatic heterocycles. The minimum Gasteiger partial charge on any atom is -0.323 e. The molecule has 1 saturated heterocycles. The molecule has 1 unspecified atom stereocenters. The van der Waals surface area contributed by atoms with Crippen molar-refractivity contribution in [3.05, 3.63) is 24.0 Å². The molecule has 2 fully saturated rings. The van der Waals surface area contributed by atoms with Gasteiger partial charge in [0.2, 0.25) is 5.91 Å². The maximum atomic E-state index is 13.2. The number of benzene rings is 1. The first-order valence-electron chi connectivity index (χ1n) is 8.52. The van der Waals surface area contributed by atoms with Crippen molar-refractivity contribution in [2.24, 2.45) is 0 Å². The molecule has 4 rings (SSSR count). The van der Waals surface area contributed by atoms with Crippen LogP contribution < -0.4 is 10.6 Å². The Morgan fingerprint density at radius 2 is 2.08 bits per heavy atom. The van der Waals surface area contributed by atoms with Crippen LogP contribution in [0.5, 0.6) is 0 Å². The van der Waals surface area contributed by atoms with E-state index in [9.17, 15) is 18.8 Å². The molecule has 1 aliphatic heterocycles. The standard InChI is InChI=1S/C17H18FN5O3/c1-9(23-15(25)17(20-16(23)26)6-2-3-7-17)14(24)19-13-11-5-4-10(18)8-12(11)21-22-13/h4-5,8-9H,2-3,6-7H2,1H3,(H,20,26)(H2,19,21,22,24). The number of carbonyl (C=O) groups is 3. The number of carbonyl (C=O) groups excluding carboxylic acids is 3. The maximum Gasteiger partial charge on any atom is 0.325 e. The molecule has 2 aromatic rings. The largest absolute Gasteiger partial charge is 0.325 e. The Kier molecular flexibility index (Phi) is 3.67. The Bertz CT molecular complexity index is 918. The molecule has 3 N–H and O–H groups in total. The molecule has 4 amide bonds. The number of fused-ring (bicyclic) bond motifs is 1. The molecule has 9 heteroatoms. The van der Waals surface area contributed by atoms with Gasteiger partial charge in [-0.05, 0) is 38.0 Å². The van der Waals surface area contributed by atoms with Gasteiger partial charge in [0.05, 0.1) is 5.52 Å². The first-order valence-corrected chi connectivity index (χ1v) is 8.52. The zero-order valence-corrected chi connectivity index (χ0v) is 14.1. The van der Waals surface area contributed by atoms with Crippen LogP contribution in [0.25, 0.3) is 10.9 Å². The van der Waals surface area contributed by atoms with Gasteiger partial charge >= 0.3 is 6.03 Å². The average molecular weight is 359 g/mol. The van der Waals surface area contributed by atoms with Gasteiger partial charge in [0.15, 0.2) is 5.82 Å². The van der Waals surface area contributed by atoms with E-state index in [1.807, 2.05) is 0 Å². The van der Waals surface area contributed by atoms with E-state index in [4.69, 9.17) is 0 Å². The molecular formula is C17H18FN5O3. The molecule has 8 nitrogen and oxygen atoms in total. The van der Waals surface area contributed by atoms with E-state index in [0.717, 1.165) is 17.7 Å². The second-order valence-electron chi connectivity index (χ2n) is 6.82. The zero-order chi connectivity index (χ0) is 18.5. The number of H-pyrrole nitrogens is 1. The van der Waals surface area contributed by atoms with Gasteiger partial charge in [-0.2, -0.15) is 5.10 Å². The van der Waals surface area contributed by atoms with Gasteiger partial charge in [0.1, 0.15) is 17.4 Å². The Labute approximate surface area is 148 Å². The number of aromatic nitrogens is 2. The molecule has 2 aliphatic rings. The maximum absolute atomic E-state index is 13.2. The first kappa shape index (κ1) is 16.5. The van der Waals surface area contributed by atoms with Gasteiger partial charge in [-0.1, -0.05) is 12.8 Å². The Morgan fingerprint density at radius 1 is 1.35 bits per heavy atom. The van der Waals surface area contributed by atoms with E-state index in [1.54, 1.807) is 0 Å². The van der Waals surface area contributed by atoms with Crippen molar-refractivity contribution in [3.8, 4) is 0 Å². The molecule has 0 radical (unpaired) electrons. The van der Waals surface area contributed by atoms with E-state index >= 15 is 0 Å². The van der Waals surface area contributed by atoms with Crippen LogP contribution >= 0.6 is 0 Å². The third kappa shape index (κ3) is 2.42. The highest BCUT2D eigenvalue weighted by Gasteiger charge is 2.54. The lowest BCUT2D eigenvalue weighted by atomic mass is 9.97. The number of anilines is 1. The monoisotopic (exact) mass is 359 g/mol. The molecule has 0 bridgehead atoms. The summed E-state index contributed by atoms with van der Waals surface area (Å²) < 4.78 is 13.2. The molecule has 1 saturated carbocycles. The minimum atomic E-state index is -0.991. The highest BCUT2D eigenvalue weighted by molar-refractivity contribution is 6.12. The van der Waals surface area contributed by atoms with Crippen LogP contribution in [0, 0.1) is 5.82 Å². The van der Waals surface area contributed by atoms with Crippen molar-refractivity contribution >= 4 is 34.6 Å². The smallest absolute Gasteiger partial charge is 0.323 e. The van der Waals surface area contributed by atoms with Gasteiger partial charge in [-0.25, -0.2) is 14.1 Å². The Hall–Kier alpha value is -2.97. The topological polar surface area (TPSA) is 107 Å². The second kappa shape index (κ2) is 5.79. The summed E-state index contributed by atoms with van der Waals surface area (Å²) >= 11 is 0. The molecule has 2 heterocycles. The van der Waals surface area contributed by atoms with E-state index < -0.39 is 29.3 Å². The lowest BCUT2D eigenvalue weighted by Crippen LogP contribution is -2.48. The van der Waals surface area contributed by atoms with Crippen LogP contribution in [0.3, 0.4) is 0 Å². The van der Waals surface area contributed by atoms with Crippen molar-refractivity contribution in [1.29, 1.82) is 0 Å². The molecule has 136 valence electrons. The minimum absolute atomic E-state index is 0.222. The van der Waals surface area contributed by atoms with Gasteiger partial charge < -0.3 is 10.6 Å². The normalized spacial score (nSPS) is 20.0. The third-order valence-corrected chi connectivity index (χ3v) is 5.18. The van der Waals surface area contributed by atoms with Gasteiger partial charge in [-0.15, -0.1) is 0 Å². The summed E-state index contributed by atoms with van der Waals surface area (Å²) in [6, 6.07) is 2.49. The van der Waals surface area contributed by atoms with Crippen LogP contribution in [0.2, 0.25) is 0 Å². The quantitative estimate of drug-likeness (QED) is 0.728. The van der Waals surface area contributed by atoms with Crippen molar-refractivity contribution in [2.75, 3.05) is 5.32 Å². The fourth-order valence-electron chi connectivity index (χ4n) is 3.74. The molecule has 26 heavy (non-hydrogen) atoms. The summed E-state index contributed by atoms with van der Waals surface area (Å²) in [6.45, 7) is 1.50. The van der Waals surface area contributed by atoms with E-state index in [0.29, 0.717) is 23.7 Å². The summed E-state index contributed by atoms with van der Waals surface area (Å²) in [5, 5.41) is 12.5. The molecule has 1 aromatic carbocycles. The van der Waals surface area contributed by atoms with E-state index in [1.165, 1.54) is 25.1 Å². The van der Waals surface area contributed by atoms with Crippen molar-refractivity contribution < 1.29 is 18.8 Å². The molecular weight excluding hydrogens is 341 g/mol. The summed E-state index contributed by atoms with van der Waals surface area (Å²) in [7, 11) is 0. The Morgan fingerprint density at radius 3 is 2.81 bits per heavy atom. The number of nitrogens with zero attached hydrogens (tertiary/aromatic N) is 2. The van der Waals surface area contributed by atoms with Gasteiger partial charge in [0, 0.05) is 5.39 Å². The highest BCUT2D eigenvalue weighted by Crippen LogP contribution is 2.36. The summed E-state index contributed by atoms with van der Waals surface area (Å²) in [4.78, 5) is 38.6. The number of hydrogen-bond donors (Lipinski definition) is 3. The lowest BCUT2D eigenvalue weighted by molar-refractivity contribution is -0.136. The number of aromatic amines is 1. The van der Waals surface area contributed by atoms with Gasteiger partial charge in [0.25, 0.3) is 5.91 Å². The fourth-order valence-corrected chi connectivity index (χ4v) is 3.74. The molecule has 1 atom stereocenters. The number of nitrogens with one attached hydrogen (secondary N) is 3. The lowest BCUT2D eigenvalue weighted by Gasteiger charge is -2.23. The van der Waals surface area contributed by atoms with Gasteiger partial charge in [-0.3, -0.25) is 14.7 Å². The number of hydrogen-bond acceptors (Lipinski definition) is 4. The first-order chi connectivity index (χ1) is 12.4. The predicted molar refractivity (Wildman–Crippen MR) is 90.7 cm³/mol. The van der Waals surface area contributed by atoms with Crippen LogP contribution in [0.4, 0.5) is 15.0 Å². The average Bonchev–Trinajstić information content (AvgIpc) is 3.28. The second-order valence-corrected chi connectivity index (χ2v) is 6.82. The fraction of sp³-hybridized carbons (Fsp3) is 0.412. The van der Waals surface area contributed by atoms with Crippen molar-refractivity contribution in [1.82, 2.24) is 20.4 Å². The molecule has 1 aliphatic carbocycles. The van der Waals surface area contributed by atoms with Crippen molar-refractivity contribution in [2.45, 2.75) is 44.2 Å². The predicted octanol–water partition coefficient (Wildman–Crippen LogP) is 1.89. The third-order valence-electron chi connectivity index (χ3n) is 5.18. The van der Waals surface area contributed by atoms with E-state index in [2.05, 4.69) is 20.8 Å². The summed E-state index contributed by atoms with van der Waals surface area (Å²) in [6.07, 6.45) is 2.93. The number of halogens is 1.